The highest BCUT2D eigenvalue weighted by molar-refractivity contribution is 5.74. The first-order valence-electron chi connectivity index (χ1n) is 7.33. The highest BCUT2D eigenvalue weighted by atomic mass is 16.5. The number of hydrogen-bond donors (Lipinski definition) is 2. The lowest BCUT2D eigenvalue weighted by Crippen LogP contribution is -2.41. The second kappa shape index (κ2) is 9.23. The minimum atomic E-state index is -0.0688. The average Bonchev–Trinajstić information content (AvgIpc) is 2.46. The Hall–Kier alpha value is -1.71. The molecule has 0 heterocycles. The Kier molecular flexibility index (Phi) is 7.55. The van der Waals surface area contributed by atoms with Crippen LogP contribution in [0.25, 0.3) is 0 Å². The van der Waals surface area contributed by atoms with Crippen molar-refractivity contribution >= 4 is 6.03 Å². The van der Waals surface area contributed by atoms with Gasteiger partial charge in [-0.25, -0.2) is 4.79 Å². The van der Waals surface area contributed by atoms with E-state index in [1.54, 1.807) is 7.11 Å². The summed E-state index contributed by atoms with van der Waals surface area (Å²) in [5.74, 6) is 0.871. The van der Waals surface area contributed by atoms with Crippen LogP contribution in [0.1, 0.15) is 38.7 Å². The molecule has 112 valence electrons. The molecule has 1 rings (SSSR count). The minimum Gasteiger partial charge on any atom is -0.497 e. The number of ether oxygens (including phenoxy) is 1. The highest BCUT2D eigenvalue weighted by Crippen LogP contribution is 2.13. The summed E-state index contributed by atoms with van der Waals surface area (Å²) in [5, 5.41) is 5.82. The number of carbonyl (C=O) groups is 1. The molecule has 1 aromatic rings. The Labute approximate surface area is 121 Å². The SMILES string of the molecule is CCCCNC(=O)NC(C)CCc1ccc(OC)cc1. The van der Waals surface area contributed by atoms with Gasteiger partial charge in [-0.1, -0.05) is 25.5 Å². The molecule has 0 radical (unpaired) electrons. The van der Waals surface area contributed by atoms with Crippen LogP contribution in [0.5, 0.6) is 5.75 Å². The number of amides is 2. The number of nitrogens with one attached hydrogen (secondary N) is 2. The van der Waals surface area contributed by atoms with Crippen molar-refractivity contribution < 1.29 is 9.53 Å². The number of benzene rings is 1. The minimum absolute atomic E-state index is 0.0688. The Balaban J connectivity index is 2.24. The van der Waals surface area contributed by atoms with Crippen LogP contribution < -0.4 is 15.4 Å². The summed E-state index contributed by atoms with van der Waals surface area (Å²) < 4.78 is 5.13. The van der Waals surface area contributed by atoms with Gasteiger partial charge in [0.15, 0.2) is 0 Å². The van der Waals surface area contributed by atoms with Gasteiger partial charge in [0.1, 0.15) is 5.75 Å². The summed E-state index contributed by atoms with van der Waals surface area (Å²) in [6, 6.07) is 8.15. The highest BCUT2D eigenvalue weighted by Gasteiger charge is 2.06. The zero-order chi connectivity index (χ0) is 14.8. The molecule has 1 atom stereocenters. The van der Waals surface area contributed by atoms with Crippen molar-refractivity contribution in [2.75, 3.05) is 13.7 Å². The van der Waals surface area contributed by atoms with E-state index in [9.17, 15) is 4.79 Å². The molecule has 4 nitrogen and oxygen atoms in total. The van der Waals surface area contributed by atoms with E-state index >= 15 is 0 Å². The van der Waals surface area contributed by atoms with Gasteiger partial charge in [-0.2, -0.15) is 0 Å². The number of urea groups is 1. The molecule has 1 aromatic carbocycles. The molecule has 0 aliphatic heterocycles. The lowest BCUT2D eigenvalue weighted by atomic mass is 10.1. The van der Waals surface area contributed by atoms with Gasteiger partial charge in [0.25, 0.3) is 0 Å². The maximum absolute atomic E-state index is 11.6. The fourth-order valence-corrected chi connectivity index (χ4v) is 1.90. The van der Waals surface area contributed by atoms with Crippen LogP contribution in [0, 0.1) is 0 Å². The molecular formula is C16H26N2O2. The summed E-state index contributed by atoms with van der Waals surface area (Å²) in [4.78, 5) is 11.6. The molecule has 20 heavy (non-hydrogen) atoms. The standard InChI is InChI=1S/C16H26N2O2/c1-4-5-12-17-16(19)18-13(2)6-7-14-8-10-15(20-3)11-9-14/h8-11,13H,4-7,12H2,1-3H3,(H2,17,18,19). The monoisotopic (exact) mass is 278 g/mol. The molecule has 0 aliphatic carbocycles. The van der Waals surface area contributed by atoms with E-state index in [-0.39, 0.29) is 12.1 Å². The third-order valence-corrected chi connectivity index (χ3v) is 3.22. The van der Waals surface area contributed by atoms with Crippen LogP contribution in [-0.4, -0.2) is 25.7 Å². The summed E-state index contributed by atoms with van der Waals surface area (Å²) in [5.41, 5.74) is 1.26. The van der Waals surface area contributed by atoms with E-state index in [1.165, 1.54) is 5.56 Å². The first-order valence-corrected chi connectivity index (χ1v) is 7.33. The number of hydrogen-bond acceptors (Lipinski definition) is 2. The summed E-state index contributed by atoms with van der Waals surface area (Å²) >= 11 is 0. The van der Waals surface area contributed by atoms with Crippen molar-refractivity contribution in [1.82, 2.24) is 10.6 Å². The Bertz CT molecular complexity index is 390. The van der Waals surface area contributed by atoms with E-state index in [4.69, 9.17) is 4.74 Å². The molecule has 1 unspecified atom stereocenters. The largest absolute Gasteiger partial charge is 0.497 e. The Morgan fingerprint density at radius 2 is 2.00 bits per heavy atom. The fraction of sp³-hybridized carbons (Fsp3) is 0.562. The van der Waals surface area contributed by atoms with Gasteiger partial charge in [-0.15, -0.1) is 0 Å². The van der Waals surface area contributed by atoms with E-state index < -0.39 is 0 Å². The van der Waals surface area contributed by atoms with E-state index in [0.29, 0.717) is 0 Å². The maximum atomic E-state index is 11.6. The van der Waals surface area contributed by atoms with Gasteiger partial charge >= 0.3 is 6.03 Å². The lowest BCUT2D eigenvalue weighted by molar-refractivity contribution is 0.237. The van der Waals surface area contributed by atoms with E-state index in [1.807, 2.05) is 19.1 Å². The average molecular weight is 278 g/mol. The third kappa shape index (κ3) is 6.45. The van der Waals surface area contributed by atoms with Gasteiger partial charge < -0.3 is 15.4 Å². The second-order valence-corrected chi connectivity index (χ2v) is 5.04. The Morgan fingerprint density at radius 1 is 1.30 bits per heavy atom. The number of unbranched alkanes of at least 4 members (excludes halogenated alkanes) is 1. The van der Waals surface area contributed by atoms with Crippen LogP contribution in [0.2, 0.25) is 0 Å². The number of methoxy groups -OCH3 is 1. The zero-order valence-corrected chi connectivity index (χ0v) is 12.7. The van der Waals surface area contributed by atoms with Gasteiger partial charge in [0, 0.05) is 12.6 Å². The van der Waals surface area contributed by atoms with Crippen molar-refractivity contribution in [3.05, 3.63) is 29.8 Å². The first kappa shape index (κ1) is 16.3. The molecule has 0 fully saturated rings. The molecule has 0 aromatic heterocycles. The van der Waals surface area contributed by atoms with Gasteiger partial charge in [-0.3, -0.25) is 0 Å². The van der Waals surface area contributed by atoms with E-state index in [2.05, 4.69) is 29.7 Å². The van der Waals surface area contributed by atoms with Crippen molar-refractivity contribution in [2.24, 2.45) is 0 Å². The number of aryl methyl sites for hydroxylation is 1. The lowest BCUT2D eigenvalue weighted by Gasteiger charge is -2.14. The fourth-order valence-electron chi connectivity index (χ4n) is 1.90. The van der Waals surface area contributed by atoms with Crippen molar-refractivity contribution in [3.8, 4) is 5.75 Å². The molecule has 0 saturated heterocycles. The zero-order valence-electron chi connectivity index (χ0n) is 12.7. The van der Waals surface area contributed by atoms with E-state index in [0.717, 1.165) is 38.0 Å². The van der Waals surface area contributed by atoms with Crippen LogP contribution in [0.4, 0.5) is 4.79 Å². The van der Waals surface area contributed by atoms with Crippen molar-refractivity contribution in [2.45, 2.75) is 45.6 Å². The predicted octanol–water partition coefficient (Wildman–Crippen LogP) is 3.12. The smallest absolute Gasteiger partial charge is 0.314 e. The van der Waals surface area contributed by atoms with Gasteiger partial charge in [-0.05, 0) is 43.9 Å². The molecule has 0 bridgehead atoms. The molecule has 2 N–H and O–H groups in total. The van der Waals surface area contributed by atoms with Crippen molar-refractivity contribution in [3.63, 3.8) is 0 Å². The molecule has 0 saturated carbocycles. The molecule has 4 heteroatoms. The topological polar surface area (TPSA) is 50.4 Å². The number of carbonyl (C=O) groups excluding carboxylic acids is 1. The summed E-state index contributed by atoms with van der Waals surface area (Å²) in [7, 11) is 1.66. The van der Waals surface area contributed by atoms with Crippen LogP contribution >= 0.6 is 0 Å². The number of rotatable bonds is 8. The molecule has 2 amide bonds. The normalized spacial score (nSPS) is 11.8. The first-order chi connectivity index (χ1) is 9.65. The predicted molar refractivity (Wildman–Crippen MR) is 82.2 cm³/mol. The van der Waals surface area contributed by atoms with Crippen LogP contribution in [0.15, 0.2) is 24.3 Å². The molecular weight excluding hydrogens is 252 g/mol. The van der Waals surface area contributed by atoms with Crippen molar-refractivity contribution in [1.29, 1.82) is 0 Å². The summed E-state index contributed by atoms with van der Waals surface area (Å²) in [6.07, 6.45) is 3.98. The Morgan fingerprint density at radius 3 is 2.60 bits per heavy atom. The molecule has 0 spiro atoms. The second-order valence-electron chi connectivity index (χ2n) is 5.04. The van der Waals surface area contributed by atoms with Gasteiger partial charge in [0.2, 0.25) is 0 Å². The van der Waals surface area contributed by atoms with Crippen LogP contribution in [-0.2, 0) is 6.42 Å². The van der Waals surface area contributed by atoms with Crippen LogP contribution in [0.3, 0.4) is 0 Å². The maximum Gasteiger partial charge on any atom is 0.314 e. The quantitative estimate of drug-likeness (QED) is 0.718. The van der Waals surface area contributed by atoms with Gasteiger partial charge in [0.05, 0.1) is 7.11 Å². The third-order valence-electron chi connectivity index (χ3n) is 3.22. The summed E-state index contributed by atoms with van der Waals surface area (Å²) in [6.45, 7) is 4.88. The molecule has 0 aliphatic rings.